The van der Waals surface area contributed by atoms with Gasteiger partial charge in [-0.05, 0) is 6.08 Å². The number of imidazole rings is 1. The number of hydrogen-bond acceptors (Lipinski definition) is 2. The Morgan fingerprint density at radius 1 is 1.62 bits per heavy atom. The smallest absolute Gasteiger partial charge is 0.411 e. The van der Waals surface area contributed by atoms with E-state index < -0.39 is 6.09 Å². The number of carbonyl (C=O) groups is 1. The van der Waals surface area contributed by atoms with E-state index in [1.54, 1.807) is 24.8 Å². The van der Waals surface area contributed by atoms with Gasteiger partial charge in [-0.2, -0.15) is 0 Å². The van der Waals surface area contributed by atoms with Crippen LogP contribution >= 0.6 is 0 Å². The van der Waals surface area contributed by atoms with Gasteiger partial charge in [-0.25, -0.2) is 9.78 Å². The molecular weight excluding hydrogens is 170 g/mol. The van der Waals surface area contributed by atoms with Crippen molar-refractivity contribution in [2.24, 2.45) is 0 Å². The van der Waals surface area contributed by atoms with Crippen LogP contribution in [0.15, 0.2) is 24.8 Å². The lowest BCUT2D eigenvalue weighted by molar-refractivity contribution is 0.160. The maximum Gasteiger partial charge on any atom is 0.411 e. The van der Waals surface area contributed by atoms with E-state index in [1.807, 2.05) is 4.57 Å². The first kappa shape index (κ1) is 7.85. The molecule has 2 heterocycles. The van der Waals surface area contributed by atoms with Crippen molar-refractivity contribution in [1.29, 1.82) is 0 Å². The number of carboxylic acid groups (broad SMARTS) is 1. The van der Waals surface area contributed by atoms with E-state index in [9.17, 15) is 4.79 Å². The van der Waals surface area contributed by atoms with Crippen LogP contribution in [0.4, 0.5) is 4.79 Å². The normalized spacial score (nSPS) is 15.2. The highest BCUT2D eigenvalue weighted by atomic mass is 16.4. The molecule has 0 bridgehead atoms. The monoisotopic (exact) mass is 179 g/mol. The van der Waals surface area contributed by atoms with Gasteiger partial charge in [0.25, 0.3) is 0 Å². The number of allylic oxidation sites excluding steroid dienone is 1. The Labute approximate surface area is 74.9 Å². The molecule has 1 aromatic rings. The molecule has 0 spiro atoms. The second kappa shape index (κ2) is 2.93. The second-order valence-corrected chi connectivity index (χ2v) is 2.83. The fraction of sp³-hybridized carbons (Fsp3) is 0.250. The van der Waals surface area contributed by atoms with Gasteiger partial charge in [-0.1, -0.05) is 0 Å². The zero-order valence-electron chi connectivity index (χ0n) is 6.92. The molecule has 0 aliphatic carbocycles. The number of hydrogen-bond donors (Lipinski definition) is 1. The lowest BCUT2D eigenvalue weighted by Crippen LogP contribution is -2.22. The van der Waals surface area contributed by atoms with Crippen molar-refractivity contribution >= 4 is 6.09 Å². The van der Waals surface area contributed by atoms with Gasteiger partial charge < -0.3 is 9.67 Å². The van der Waals surface area contributed by atoms with Crippen molar-refractivity contribution in [3.8, 4) is 0 Å². The Morgan fingerprint density at radius 3 is 3.23 bits per heavy atom. The third kappa shape index (κ3) is 1.40. The predicted octanol–water partition coefficient (Wildman–Crippen LogP) is 0.890. The fourth-order valence-electron chi connectivity index (χ4n) is 1.29. The number of amides is 1. The van der Waals surface area contributed by atoms with Crippen LogP contribution in [0, 0.1) is 0 Å². The first-order valence-electron chi connectivity index (χ1n) is 3.92. The summed E-state index contributed by atoms with van der Waals surface area (Å²) in [5.41, 5.74) is 0.910. The topological polar surface area (TPSA) is 58.4 Å². The molecule has 0 saturated heterocycles. The lowest BCUT2D eigenvalue weighted by atomic mass is 10.4. The van der Waals surface area contributed by atoms with E-state index in [0.29, 0.717) is 13.1 Å². The summed E-state index contributed by atoms with van der Waals surface area (Å²) in [7, 11) is 0. The number of nitrogens with zero attached hydrogens (tertiary/aromatic N) is 3. The number of fused-ring (bicyclic) bond motifs is 1. The number of aromatic nitrogens is 2. The van der Waals surface area contributed by atoms with E-state index >= 15 is 0 Å². The Balaban J connectivity index is 2.29. The van der Waals surface area contributed by atoms with Crippen LogP contribution in [-0.2, 0) is 13.1 Å². The lowest BCUT2D eigenvalue weighted by Gasteiger charge is -2.11. The SMILES string of the molecule is O=C(O)N1C=CCn2cncc2C1. The summed E-state index contributed by atoms with van der Waals surface area (Å²) in [5.74, 6) is 0. The number of rotatable bonds is 0. The van der Waals surface area contributed by atoms with Gasteiger partial charge in [0.2, 0.25) is 0 Å². The zero-order chi connectivity index (χ0) is 9.26. The van der Waals surface area contributed by atoms with Crippen LogP contribution < -0.4 is 0 Å². The average Bonchev–Trinajstić information content (AvgIpc) is 2.42. The van der Waals surface area contributed by atoms with Crippen LogP contribution in [0.5, 0.6) is 0 Å². The first-order chi connectivity index (χ1) is 6.27. The molecule has 0 fully saturated rings. The van der Waals surface area contributed by atoms with Crippen molar-refractivity contribution in [2.75, 3.05) is 0 Å². The highest BCUT2D eigenvalue weighted by molar-refractivity contribution is 5.66. The molecule has 68 valence electrons. The summed E-state index contributed by atoms with van der Waals surface area (Å²) in [6.07, 6.45) is 5.82. The van der Waals surface area contributed by atoms with Gasteiger partial charge in [-0.15, -0.1) is 0 Å². The Kier molecular flexibility index (Phi) is 1.77. The molecule has 0 atom stereocenters. The third-order valence-electron chi connectivity index (χ3n) is 1.96. The Hall–Kier alpha value is -1.78. The van der Waals surface area contributed by atoms with Crippen molar-refractivity contribution in [2.45, 2.75) is 13.1 Å². The fourth-order valence-corrected chi connectivity index (χ4v) is 1.29. The van der Waals surface area contributed by atoms with Gasteiger partial charge in [0, 0.05) is 18.9 Å². The molecule has 0 saturated carbocycles. The van der Waals surface area contributed by atoms with Crippen LogP contribution in [0.1, 0.15) is 5.69 Å². The van der Waals surface area contributed by atoms with Crippen LogP contribution in [-0.4, -0.2) is 25.7 Å². The summed E-state index contributed by atoms with van der Waals surface area (Å²) in [4.78, 5) is 15.9. The maximum atomic E-state index is 10.7. The van der Waals surface area contributed by atoms with Gasteiger partial charge in [0.05, 0.1) is 18.6 Å². The molecule has 2 rings (SSSR count). The quantitative estimate of drug-likeness (QED) is 0.643. The maximum absolute atomic E-state index is 10.7. The van der Waals surface area contributed by atoms with E-state index in [1.165, 1.54) is 4.90 Å². The van der Waals surface area contributed by atoms with E-state index in [2.05, 4.69) is 4.98 Å². The molecule has 1 N–H and O–H groups in total. The molecule has 1 aromatic heterocycles. The van der Waals surface area contributed by atoms with E-state index in [-0.39, 0.29) is 0 Å². The second-order valence-electron chi connectivity index (χ2n) is 2.83. The van der Waals surface area contributed by atoms with E-state index in [4.69, 9.17) is 5.11 Å². The molecule has 5 heteroatoms. The van der Waals surface area contributed by atoms with Crippen molar-refractivity contribution in [3.05, 3.63) is 30.5 Å². The summed E-state index contributed by atoms with van der Waals surface area (Å²) >= 11 is 0. The van der Waals surface area contributed by atoms with Gasteiger partial charge in [0.1, 0.15) is 0 Å². The van der Waals surface area contributed by atoms with Gasteiger partial charge in [-0.3, -0.25) is 4.90 Å². The average molecular weight is 179 g/mol. The van der Waals surface area contributed by atoms with Gasteiger partial charge in [0.15, 0.2) is 0 Å². The molecule has 0 radical (unpaired) electrons. The summed E-state index contributed by atoms with van der Waals surface area (Å²) in [6, 6.07) is 0. The highest BCUT2D eigenvalue weighted by Gasteiger charge is 2.13. The minimum Gasteiger partial charge on any atom is -0.465 e. The van der Waals surface area contributed by atoms with Gasteiger partial charge >= 0.3 is 6.09 Å². The summed E-state index contributed by atoms with van der Waals surface area (Å²) < 4.78 is 1.92. The molecular formula is C8H9N3O2. The van der Waals surface area contributed by atoms with Crippen molar-refractivity contribution in [1.82, 2.24) is 14.5 Å². The van der Waals surface area contributed by atoms with Crippen molar-refractivity contribution < 1.29 is 9.90 Å². The summed E-state index contributed by atoms with van der Waals surface area (Å²) in [5, 5.41) is 8.77. The van der Waals surface area contributed by atoms with Crippen molar-refractivity contribution in [3.63, 3.8) is 0 Å². The zero-order valence-corrected chi connectivity index (χ0v) is 6.92. The van der Waals surface area contributed by atoms with Crippen LogP contribution in [0.2, 0.25) is 0 Å². The Morgan fingerprint density at radius 2 is 2.46 bits per heavy atom. The van der Waals surface area contributed by atoms with Crippen LogP contribution in [0.3, 0.4) is 0 Å². The minimum absolute atomic E-state index is 0.367. The molecule has 13 heavy (non-hydrogen) atoms. The first-order valence-corrected chi connectivity index (χ1v) is 3.92. The molecule has 1 aliphatic heterocycles. The molecule has 0 aromatic carbocycles. The Bertz CT molecular complexity index is 356. The molecule has 1 amide bonds. The third-order valence-corrected chi connectivity index (χ3v) is 1.96. The predicted molar refractivity (Wildman–Crippen MR) is 44.9 cm³/mol. The van der Waals surface area contributed by atoms with E-state index in [0.717, 1.165) is 5.69 Å². The largest absolute Gasteiger partial charge is 0.465 e. The molecule has 1 aliphatic rings. The summed E-state index contributed by atoms with van der Waals surface area (Å²) in [6.45, 7) is 1.05. The highest BCUT2D eigenvalue weighted by Crippen LogP contribution is 2.09. The molecule has 5 nitrogen and oxygen atoms in total. The minimum atomic E-state index is -0.939. The van der Waals surface area contributed by atoms with Crippen LogP contribution in [0.25, 0.3) is 0 Å². The molecule has 0 unspecified atom stereocenters. The standard InChI is InChI=1S/C8H9N3O2/c12-8(13)10-2-1-3-11-6-9-4-7(11)5-10/h1-2,4,6H,3,5H2,(H,12,13).